The maximum Gasteiger partial charge on any atom is 0.0572 e. The molecule has 3 heteroatoms. The molecule has 1 aliphatic rings. The smallest absolute Gasteiger partial charge is 0.0572 e. The predicted octanol–water partition coefficient (Wildman–Crippen LogP) is 2.48. The van der Waals surface area contributed by atoms with Crippen LogP contribution in [-0.4, -0.2) is 18.1 Å². The van der Waals surface area contributed by atoms with Gasteiger partial charge in [-0.2, -0.15) is 0 Å². The normalized spacial score (nSPS) is 17.9. The second kappa shape index (κ2) is 4.83. The number of aromatic nitrogens is 1. The van der Waals surface area contributed by atoms with Crippen LogP contribution in [0.5, 0.6) is 0 Å². The molecule has 1 aromatic rings. The van der Waals surface area contributed by atoms with Gasteiger partial charge >= 0.3 is 0 Å². The fourth-order valence-electron chi connectivity index (χ4n) is 2.02. The molecule has 1 saturated carbocycles. The van der Waals surface area contributed by atoms with E-state index in [9.17, 15) is 0 Å². The predicted molar refractivity (Wildman–Crippen MR) is 67.5 cm³/mol. The van der Waals surface area contributed by atoms with Gasteiger partial charge in [0.2, 0.25) is 0 Å². The second-order valence-electron chi connectivity index (χ2n) is 4.65. The SMILES string of the molecule is CC[C@@H](N)c1ccc(N(C)C2CCC2)cn1. The Morgan fingerprint density at radius 2 is 2.25 bits per heavy atom. The molecule has 2 rings (SSSR count). The lowest BCUT2D eigenvalue weighted by Crippen LogP contribution is -2.37. The average molecular weight is 219 g/mol. The molecule has 3 nitrogen and oxygen atoms in total. The summed E-state index contributed by atoms with van der Waals surface area (Å²) in [6.07, 6.45) is 6.87. The van der Waals surface area contributed by atoms with E-state index >= 15 is 0 Å². The van der Waals surface area contributed by atoms with Crippen LogP contribution in [0.25, 0.3) is 0 Å². The number of nitrogens with zero attached hydrogens (tertiary/aromatic N) is 2. The van der Waals surface area contributed by atoms with Gasteiger partial charge in [-0.25, -0.2) is 0 Å². The van der Waals surface area contributed by atoms with Gasteiger partial charge in [-0.15, -0.1) is 0 Å². The van der Waals surface area contributed by atoms with Gasteiger partial charge in [-0.1, -0.05) is 6.92 Å². The van der Waals surface area contributed by atoms with Crippen LogP contribution < -0.4 is 10.6 Å². The van der Waals surface area contributed by atoms with E-state index in [0.717, 1.165) is 12.1 Å². The zero-order valence-corrected chi connectivity index (χ0v) is 10.2. The van der Waals surface area contributed by atoms with E-state index in [0.29, 0.717) is 6.04 Å². The van der Waals surface area contributed by atoms with Gasteiger partial charge in [0, 0.05) is 19.1 Å². The summed E-state index contributed by atoms with van der Waals surface area (Å²) < 4.78 is 0. The van der Waals surface area contributed by atoms with Gasteiger partial charge in [0.05, 0.1) is 17.6 Å². The van der Waals surface area contributed by atoms with Crippen LogP contribution in [0.4, 0.5) is 5.69 Å². The third kappa shape index (κ3) is 2.19. The van der Waals surface area contributed by atoms with Crippen LogP contribution >= 0.6 is 0 Å². The first-order chi connectivity index (χ1) is 7.72. The maximum atomic E-state index is 5.94. The standard InChI is InChI=1S/C13H21N3/c1-3-12(14)13-8-7-11(9-15-13)16(2)10-5-4-6-10/h7-10,12H,3-6,14H2,1-2H3/t12-/m1/s1. The molecule has 0 radical (unpaired) electrons. The summed E-state index contributed by atoms with van der Waals surface area (Å²) in [4.78, 5) is 6.78. The molecule has 0 bridgehead atoms. The Labute approximate surface area is 97.7 Å². The third-order valence-corrected chi connectivity index (χ3v) is 3.62. The summed E-state index contributed by atoms with van der Waals surface area (Å²) in [5.41, 5.74) is 8.14. The lowest BCUT2D eigenvalue weighted by molar-refractivity contribution is 0.401. The molecule has 16 heavy (non-hydrogen) atoms. The summed E-state index contributed by atoms with van der Waals surface area (Å²) >= 11 is 0. The summed E-state index contributed by atoms with van der Waals surface area (Å²) in [5, 5.41) is 0. The Balaban J connectivity index is 2.06. The van der Waals surface area contributed by atoms with Gasteiger partial charge < -0.3 is 10.6 Å². The molecule has 0 unspecified atom stereocenters. The number of anilines is 1. The van der Waals surface area contributed by atoms with Crippen molar-refractivity contribution < 1.29 is 0 Å². The second-order valence-corrected chi connectivity index (χ2v) is 4.65. The molecule has 1 aliphatic carbocycles. The molecule has 0 aliphatic heterocycles. The van der Waals surface area contributed by atoms with Gasteiger partial charge in [-0.05, 0) is 37.8 Å². The molecule has 1 fully saturated rings. The summed E-state index contributed by atoms with van der Waals surface area (Å²) in [5.74, 6) is 0. The molecule has 0 aromatic carbocycles. The van der Waals surface area contributed by atoms with Crippen LogP contribution in [0.3, 0.4) is 0 Å². The zero-order valence-electron chi connectivity index (χ0n) is 10.2. The molecule has 1 heterocycles. The quantitative estimate of drug-likeness (QED) is 0.846. The highest BCUT2D eigenvalue weighted by atomic mass is 15.1. The molecule has 1 aromatic heterocycles. The molecule has 0 spiro atoms. The average Bonchev–Trinajstić information content (AvgIpc) is 2.26. The monoisotopic (exact) mass is 219 g/mol. The first-order valence-electron chi connectivity index (χ1n) is 6.16. The van der Waals surface area contributed by atoms with Crippen molar-refractivity contribution in [2.45, 2.75) is 44.7 Å². The van der Waals surface area contributed by atoms with E-state index in [1.807, 2.05) is 6.20 Å². The van der Waals surface area contributed by atoms with Crippen molar-refractivity contribution in [2.75, 3.05) is 11.9 Å². The van der Waals surface area contributed by atoms with Crippen molar-refractivity contribution in [3.05, 3.63) is 24.0 Å². The molecule has 0 saturated heterocycles. The molecule has 88 valence electrons. The Hall–Kier alpha value is -1.09. The van der Waals surface area contributed by atoms with E-state index in [2.05, 4.69) is 36.0 Å². The lowest BCUT2D eigenvalue weighted by Gasteiger charge is -2.36. The molecule has 1 atom stereocenters. The van der Waals surface area contributed by atoms with Gasteiger partial charge in [-0.3, -0.25) is 4.98 Å². The number of pyridine rings is 1. The molecule has 2 N–H and O–H groups in total. The fourth-order valence-corrected chi connectivity index (χ4v) is 2.02. The molecular weight excluding hydrogens is 198 g/mol. The Morgan fingerprint density at radius 3 is 2.69 bits per heavy atom. The largest absolute Gasteiger partial charge is 0.370 e. The van der Waals surface area contributed by atoms with Crippen molar-refractivity contribution >= 4 is 5.69 Å². The summed E-state index contributed by atoms with van der Waals surface area (Å²) in [7, 11) is 2.15. The Kier molecular flexibility index (Phi) is 3.44. The number of hydrogen-bond acceptors (Lipinski definition) is 3. The Bertz CT molecular complexity index is 330. The topological polar surface area (TPSA) is 42.1 Å². The summed E-state index contributed by atoms with van der Waals surface area (Å²) in [6, 6.07) is 4.98. The van der Waals surface area contributed by atoms with Gasteiger partial charge in [0.15, 0.2) is 0 Å². The van der Waals surface area contributed by atoms with Gasteiger partial charge in [0.1, 0.15) is 0 Å². The van der Waals surface area contributed by atoms with E-state index in [1.54, 1.807) is 0 Å². The fraction of sp³-hybridized carbons (Fsp3) is 0.615. The van der Waals surface area contributed by atoms with Gasteiger partial charge in [0.25, 0.3) is 0 Å². The minimum Gasteiger partial charge on any atom is -0.370 e. The minimum absolute atomic E-state index is 0.0723. The molecular formula is C13H21N3. The van der Waals surface area contributed by atoms with Crippen molar-refractivity contribution in [3.8, 4) is 0 Å². The van der Waals surface area contributed by atoms with E-state index in [-0.39, 0.29) is 6.04 Å². The first-order valence-corrected chi connectivity index (χ1v) is 6.16. The number of nitrogens with two attached hydrogens (primary N) is 1. The lowest BCUT2D eigenvalue weighted by atomic mass is 9.91. The molecule has 0 amide bonds. The van der Waals surface area contributed by atoms with Crippen LogP contribution in [-0.2, 0) is 0 Å². The highest BCUT2D eigenvalue weighted by Crippen LogP contribution is 2.28. The van der Waals surface area contributed by atoms with E-state index in [1.165, 1.54) is 24.9 Å². The Morgan fingerprint density at radius 1 is 1.50 bits per heavy atom. The van der Waals surface area contributed by atoms with E-state index < -0.39 is 0 Å². The highest BCUT2D eigenvalue weighted by Gasteiger charge is 2.22. The maximum absolute atomic E-state index is 5.94. The van der Waals surface area contributed by atoms with E-state index in [4.69, 9.17) is 5.73 Å². The minimum atomic E-state index is 0.0723. The van der Waals surface area contributed by atoms with Crippen LogP contribution in [0.15, 0.2) is 18.3 Å². The van der Waals surface area contributed by atoms with Crippen molar-refractivity contribution in [1.82, 2.24) is 4.98 Å². The first kappa shape index (κ1) is 11.4. The van der Waals surface area contributed by atoms with Crippen LogP contribution in [0.2, 0.25) is 0 Å². The zero-order chi connectivity index (χ0) is 11.5. The highest BCUT2D eigenvalue weighted by molar-refractivity contribution is 5.45. The van der Waals surface area contributed by atoms with Crippen molar-refractivity contribution in [3.63, 3.8) is 0 Å². The van der Waals surface area contributed by atoms with Crippen molar-refractivity contribution in [1.29, 1.82) is 0 Å². The van der Waals surface area contributed by atoms with Crippen molar-refractivity contribution in [2.24, 2.45) is 5.73 Å². The van der Waals surface area contributed by atoms with Crippen LogP contribution in [0, 0.1) is 0 Å². The number of hydrogen-bond donors (Lipinski definition) is 1. The van der Waals surface area contributed by atoms with Crippen LogP contribution in [0.1, 0.15) is 44.3 Å². The third-order valence-electron chi connectivity index (χ3n) is 3.62. The number of rotatable bonds is 4. The summed E-state index contributed by atoms with van der Waals surface area (Å²) in [6.45, 7) is 2.08.